The minimum Gasteiger partial charge on any atom is -0.378 e. The molecule has 0 aromatic carbocycles. The average molecular weight is 193 g/mol. The molecule has 0 bridgehead atoms. The third-order valence-electron chi connectivity index (χ3n) is 2.10. The van der Waals surface area contributed by atoms with E-state index in [2.05, 4.69) is 24.0 Å². The van der Waals surface area contributed by atoms with Gasteiger partial charge in [0.25, 0.3) is 0 Å². The van der Waals surface area contributed by atoms with Crippen molar-refractivity contribution in [2.75, 3.05) is 6.61 Å². The van der Waals surface area contributed by atoms with Crippen LogP contribution < -0.4 is 0 Å². The molecule has 78 valence electrons. The zero-order valence-electron chi connectivity index (χ0n) is 9.29. The van der Waals surface area contributed by atoms with Crippen LogP contribution in [0, 0.1) is 0 Å². The van der Waals surface area contributed by atoms with Gasteiger partial charge in [0.15, 0.2) is 0 Å². The van der Waals surface area contributed by atoms with Gasteiger partial charge in [0.05, 0.1) is 12.7 Å². The van der Waals surface area contributed by atoms with Gasteiger partial charge in [-0.3, -0.25) is 4.98 Å². The first kappa shape index (κ1) is 11.2. The maximum Gasteiger partial charge on any atom is 0.0525 e. The first-order valence-corrected chi connectivity index (χ1v) is 5.27. The lowest BCUT2D eigenvalue weighted by Crippen LogP contribution is -2.06. The number of aryl methyl sites for hydroxylation is 1. The number of nitrogens with zero attached hydrogens (tertiary/aromatic N) is 1. The molecule has 0 radical (unpaired) electrons. The van der Waals surface area contributed by atoms with Crippen LogP contribution in [-0.4, -0.2) is 17.7 Å². The zero-order chi connectivity index (χ0) is 10.4. The number of rotatable bonds is 5. The Morgan fingerprint density at radius 2 is 2.14 bits per heavy atom. The molecule has 2 heteroatoms. The Morgan fingerprint density at radius 3 is 2.64 bits per heavy atom. The highest BCUT2D eigenvalue weighted by Gasteiger charge is 1.97. The summed E-state index contributed by atoms with van der Waals surface area (Å²) >= 11 is 0. The fourth-order valence-corrected chi connectivity index (χ4v) is 1.21. The molecule has 14 heavy (non-hydrogen) atoms. The second kappa shape index (κ2) is 5.76. The van der Waals surface area contributed by atoms with E-state index in [-0.39, 0.29) is 0 Å². The molecular formula is C12H19NO. The first-order chi connectivity index (χ1) is 6.72. The highest BCUT2D eigenvalue weighted by atomic mass is 16.5. The molecule has 0 N–H and O–H groups in total. The molecule has 0 fully saturated rings. The summed E-state index contributed by atoms with van der Waals surface area (Å²) in [7, 11) is 0. The standard InChI is InChI=1S/C12H19NO/c1-4-11-5-6-12(13-9-11)7-8-14-10(2)3/h5-6,9-10H,4,7-8H2,1-3H3. The first-order valence-electron chi connectivity index (χ1n) is 5.27. The van der Waals surface area contributed by atoms with E-state index in [1.165, 1.54) is 5.56 Å². The molecule has 2 nitrogen and oxygen atoms in total. The molecule has 1 rings (SSSR count). The Hall–Kier alpha value is -0.890. The van der Waals surface area contributed by atoms with Crippen molar-refractivity contribution in [1.29, 1.82) is 0 Å². The Bertz CT molecular complexity index is 254. The molecule has 0 spiro atoms. The van der Waals surface area contributed by atoms with Gasteiger partial charge in [-0.15, -0.1) is 0 Å². The van der Waals surface area contributed by atoms with Gasteiger partial charge in [0, 0.05) is 18.3 Å². The third kappa shape index (κ3) is 3.88. The second-order valence-electron chi connectivity index (χ2n) is 3.68. The largest absolute Gasteiger partial charge is 0.378 e. The van der Waals surface area contributed by atoms with Crippen molar-refractivity contribution in [3.05, 3.63) is 29.6 Å². The summed E-state index contributed by atoms with van der Waals surface area (Å²) < 4.78 is 5.46. The van der Waals surface area contributed by atoms with Crippen molar-refractivity contribution in [3.63, 3.8) is 0 Å². The molecule has 1 heterocycles. The van der Waals surface area contributed by atoms with E-state index in [1.807, 2.05) is 20.0 Å². The van der Waals surface area contributed by atoms with Gasteiger partial charge in [-0.2, -0.15) is 0 Å². The van der Waals surface area contributed by atoms with Gasteiger partial charge < -0.3 is 4.74 Å². The summed E-state index contributed by atoms with van der Waals surface area (Å²) in [5.41, 5.74) is 2.40. The Kier molecular flexibility index (Phi) is 4.60. The van der Waals surface area contributed by atoms with Gasteiger partial charge in [0.2, 0.25) is 0 Å². The van der Waals surface area contributed by atoms with Crippen molar-refractivity contribution in [3.8, 4) is 0 Å². The summed E-state index contributed by atoms with van der Waals surface area (Å²) in [5, 5.41) is 0. The summed E-state index contributed by atoms with van der Waals surface area (Å²) in [5.74, 6) is 0. The van der Waals surface area contributed by atoms with Crippen LogP contribution in [-0.2, 0) is 17.6 Å². The van der Waals surface area contributed by atoms with E-state index in [4.69, 9.17) is 4.74 Å². The quantitative estimate of drug-likeness (QED) is 0.717. The Morgan fingerprint density at radius 1 is 1.36 bits per heavy atom. The SMILES string of the molecule is CCc1ccc(CCOC(C)C)nc1. The van der Waals surface area contributed by atoms with Gasteiger partial charge in [-0.25, -0.2) is 0 Å². The maximum atomic E-state index is 5.46. The lowest BCUT2D eigenvalue weighted by atomic mass is 10.2. The predicted molar refractivity (Wildman–Crippen MR) is 58.4 cm³/mol. The average Bonchev–Trinajstić information content (AvgIpc) is 2.18. The fraction of sp³-hybridized carbons (Fsp3) is 0.583. The summed E-state index contributed by atoms with van der Waals surface area (Å²) in [6.45, 7) is 7.00. The number of hydrogen-bond acceptors (Lipinski definition) is 2. The molecule has 0 aliphatic carbocycles. The van der Waals surface area contributed by atoms with Gasteiger partial charge >= 0.3 is 0 Å². The van der Waals surface area contributed by atoms with Crippen molar-refractivity contribution >= 4 is 0 Å². The van der Waals surface area contributed by atoms with E-state index in [0.717, 1.165) is 25.1 Å². The maximum absolute atomic E-state index is 5.46. The molecule has 0 unspecified atom stereocenters. The molecule has 0 aliphatic heterocycles. The van der Waals surface area contributed by atoms with Crippen LogP contribution in [0.3, 0.4) is 0 Å². The van der Waals surface area contributed by atoms with Gasteiger partial charge in [-0.05, 0) is 31.9 Å². The van der Waals surface area contributed by atoms with Crippen molar-refractivity contribution in [2.45, 2.75) is 39.7 Å². The topological polar surface area (TPSA) is 22.1 Å². The molecule has 0 saturated heterocycles. The lowest BCUT2D eigenvalue weighted by molar-refractivity contribution is 0.0809. The Labute approximate surface area is 86.3 Å². The van der Waals surface area contributed by atoms with Crippen molar-refractivity contribution in [2.24, 2.45) is 0 Å². The predicted octanol–water partition coefficient (Wildman–Crippen LogP) is 2.61. The third-order valence-corrected chi connectivity index (χ3v) is 2.10. The Balaban J connectivity index is 2.36. The molecule has 1 aromatic rings. The summed E-state index contributed by atoms with van der Waals surface area (Å²) in [6.07, 6.45) is 4.22. The second-order valence-corrected chi connectivity index (χ2v) is 3.68. The van der Waals surface area contributed by atoms with Crippen LogP contribution in [0.15, 0.2) is 18.3 Å². The highest BCUT2D eigenvalue weighted by Crippen LogP contribution is 2.02. The molecule has 0 saturated carbocycles. The van der Waals surface area contributed by atoms with E-state index in [9.17, 15) is 0 Å². The number of ether oxygens (including phenoxy) is 1. The number of hydrogen-bond donors (Lipinski definition) is 0. The van der Waals surface area contributed by atoms with Crippen LogP contribution in [0.5, 0.6) is 0 Å². The van der Waals surface area contributed by atoms with Gasteiger partial charge in [-0.1, -0.05) is 13.0 Å². The van der Waals surface area contributed by atoms with E-state index >= 15 is 0 Å². The zero-order valence-corrected chi connectivity index (χ0v) is 9.29. The number of pyridine rings is 1. The van der Waals surface area contributed by atoms with E-state index in [0.29, 0.717) is 6.10 Å². The molecule has 0 amide bonds. The van der Waals surface area contributed by atoms with Crippen molar-refractivity contribution < 1.29 is 4.74 Å². The summed E-state index contributed by atoms with van der Waals surface area (Å²) in [6, 6.07) is 4.22. The van der Waals surface area contributed by atoms with Crippen LogP contribution in [0.4, 0.5) is 0 Å². The van der Waals surface area contributed by atoms with E-state index < -0.39 is 0 Å². The van der Waals surface area contributed by atoms with Crippen LogP contribution in [0.25, 0.3) is 0 Å². The van der Waals surface area contributed by atoms with Crippen LogP contribution in [0.2, 0.25) is 0 Å². The van der Waals surface area contributed by atoms with Crippen LogP contribution in [0.1, 0.15) is 32.0 Å². The monoisotopic (exact) mass is 193 g/mol. The normalized spacial score (nSPS) is 10.9. The van der Waals surface area contributed by atoms with E-state index in [1.54, 1.807) is 0 Å². The fourth-order valence-electron chi connectivity index (χ4n) is 1.21. The minimum absolute atomic E-state index is 0.310. The summed E-state index contributed by atoms with van der Waals surface area (Å²) in [4.78, 5) is 4.37. The molecule has 1 aromatic heterocycles. The molecular weight excluding hydrogens is 174 g/mol. The minimum atomic E-state index is 0.310. The molecule has 0 aliphatic rings. The van der Waals surface area contributed by atoms with Gasteiger partial charge in [0.1, 0.15) is 0 Å². The van der Waals surface area contributed by atoms with Crippen molar-refractivity contribution in [1.82, 2.24) is 4.98 Å². The molecule has 0 atom stereocenters. The highest BCUT2D eigenvalue weighted by molar-refractivity contribution is 5.13. The van der Waals surface area contributed by atoms with Crippen LogP contribution >= 0.6 is 0 Å². The number of aromatic nitrogens is 1. The lowest BCUT2D eigenvalue weighted by Gasteiger charge is -2.06. The smallest absolute Gasteiger partial charge is 0.0525 e.